The summed E-state index contributed by atoms with van der Waals surface area (Å²) in [6, 6.07) is -1.74. The first-order chi connectivity index (χ1) is 6.47. The van der Waals surface area contributed by atoms with Gasteiger partial charge in [-0.2, -0.15) is 0 Å². The first-order valence-electron chi connectivity index (χ1n) is 3.96. The third-order valence-corrected chi connectivity index (χ3v) is 2.58. The number of aliphatic hydroxyl groups is 1. The lowest BCUT2D eigenvalue weighted by Crippen LogP contribution is -2.34. The highest BCUT2D eigenvalue weighted by Crippen LogP contribution is 2.13. The van der Waals surface area contributed by atoms with Crippen molar-refractivity contribution >= 4 is 24.0 Å². The summed E-state index contributed by atoms with van der Waals surface area (Å²) in [4.78, 5) is 20.4. The number of carboxylic acid groups (broad SMARTS) is 1. The smallest absolute Gasteiger partial charge is 0.320 e. The molecule has 0 aliphatic carbocycles. The molecule has 0 aromatic rings. The van der Waals surface area contributed by atoms with Gasteiger partial charge in [-0.3, -0.25) is 4.79 Å². The summed E-state index contributed by atoms with van der Waals surface area (Å²) >= 11 is 1.01. The van der Waals surface area contributed by atoms with Crippen LogP contribution in [-0.4, -0.2) is 45.7 Å². The van der Waals surface area contributed by atoms with Crippen molar-refractivity contribution in [2.24, 2.45) is 11.5 Å². The predicted molar refractivity (Wildman–Crippen MR) is 52.7 cm³/mol. The predicted octanol–water partition coefficient (Wildman–Crippen LogP) is -1.63. The molecule has 0 spiro atoms. The fourth-order valence-electron chi connectivity index (χ4n) is 0.648. The minimum atomic E-state index is -1.16. The first kappa shape index (κ1) is 13.4. The summed E-state index contributed by atoms with van der Waals surface area (Å²) in [5.41, 5.74) is 9.54. The number of aldehydes is 1. The van der Waals surface area contributed by atoms with E-state index in [1.54, 1.807) is 0 Å². The maximum Gasteiger partial charge on any atom is 0.320 e. The Balaban J connectivity index is 3.69. The highest BCUT2D eigenvalue weighted by atomic mass is 32.2. The maximum absolute atomic E-state index is 10.3. The Morgan fingerprint density at radius 2 is 2.07 bits per heavy atom. The van der Waals surface area contributed by atoms with Gasteiger partial charge in [-0.25, -0.2) is 0 Å². The number of aliphatic hydroxyl groups excluding tert-OH is 1. The van der Waals surface area contributed by atoms with Crippen LogP contribution in [0.25, 0.3) is 0 Å². The lowest BCUT2D eigenvalue weighted by molar-refractivity contribution is -0.139. The number of hydrogen-bond acceptors (Lipinski definition) is 6. The zero-order valence-corrected chi connectivity index (χ0v) is 8.31. The van der Waals surface area contributed by atoms with Gasteiger partial charge >= 0.3 is 5.97 Å². The van der Waals surface area contributed by atoms with Gasteiger partial charge in [-0.1, -0.05) is 0 Å². The third-order valence-electron chi connectivity index (χ3n) is 1.43. The van der Waals surface area contributed by atoms with E-state index in [0.29, 0.717) is 6.29 Å². The molecule has 0 aromatic heterocycles. The Morgan fingerprint density at radius 3 is 2.50 bits per heavy atom. The van der Waals surface area contributed by atoms with Crippen molar-refractivity contribution in [2.75, 3.05) is 5.75 Å². The van der Waals surface area contributed by atoms with Gasteiger partial charge in [-0.05, 0) is 0 Å². The molecule has 14 heavy (non-hydrogen) atoms. The fraction of sp³-hybridized carbons (Fsp3) is 0.714. The second-order valence-corrected chi connectivity index (χ2v) is 3.98. The summed E-state index contributed by atoms with van der Waals surface area (Å²) in [6.07, 6.45) is 0.502. The number of carboxylic acids is 1. The van der Waals surface area contributed by atoms with Crippen molar-refractivity contribution in [2.45, 2.75) is 23.9 Å². The highest BCUT2D eigenvalue weighted by molar-refractivity contribution is 7.99. The Kier molecular flexibility index (Phi) is 6.46. The Hall–Kier alpha value is -0.630. The van der Waals surface area contributed by atoms with Crippen LogP contribution in [0.2, 0.25) is 0 Å². The SMILES string of the molecule is N[C@@H](C=O)CS[C@H](O)C[C@H](N)C(=O)O. The van der Waals surface area contributed by atoms with E-state index in [1.807, 2.05) is 0 Å². The van der Waals surface area contributed by atoms with Crippen LogP contribution in [0.4, 0.5) is 0 Å². The molecule has 0 aromatic carbocycles. The van der Waals surface area contributed by atoms with E-state index in [9.17, 15) is 14.7 Å². The third kappa shape index (κ3) is 5.92. The Labute approximate surface area is 85.6 Å². The van der Waals surface area contributed by atoms with E-state index >= 15 is 0 Å². The van der Waals surface area contributed by atoms with Crippen molar-refractivity contribution in [3.8, 4) is 0 Å². The van der Waals surface area contributed by atoms with Crippen LogP contribution in [0.1, 0.15) is 6.42 Å². The number of thioether (sulfide) groups is 1. The summed E-state index contributed by atoms with van der Waals surface area (Å²) < 4.78 is 0. The molecule has 0 rings (SSSR count). The molecule has 0 radical (unpaired) electrons. The van der Waals surface area contributed by atoms with Gasteiger partial charge in [0.15, 0.2) is 0 Å². The van der Waals surface area contributed by atoms with Gasteiger partial charge in [0, 0.05) is 12.2 Å². The average Bonchev–Trinajstić information content (AvgIpc) is 2.13. The van der Waals surface area contributed by atoms with Gasteiger partial charge in [0.1, 0.15) is 17.8 Å². The lowest BCUT2D eigenvalue weighted by Gasteiger charge is -2.13. The van der Waals surface area contributed by atoms with Crippen molar-refractivity contribution in [3.63, 3.8) is 0 Å². The highest BCUT2D eigenvalue weighted by Gasteiger charge is 2.17. The molecule has 3 atom stereocenters. The number of rotatable bonds is 7. The number of hydrogen-bond donors (Lipinski definition) is 4. The number of carbonyl (C=O) groups excluding carboxylic acids is 1. The molecule has 0 amide bonds. The minimum Gasteiger partial charge on any atom is -0.480 e. The summed E-state index contributed by atoms with van der Waals surface area (Å²) in [5.74, 6) is -0.916. The molecule has 0 saturated heterocycles. The molecule has 6 N–H and O–H groups in total. The van der Waals surface area contributed by atoms with Crippen LogP contribution in [0.15, 0.2) is 0 Å². The topological polar surface area (TPSA) is 127 Å². The second kappa shape index (κ2) is 6.77. The van der Waals surface area contributed by atoms with Crippen LogP contribution in [0.3, 0.4) is 0 Å². The Bertz CT molecular complexity index is 202. The second-order valence-electron chi connectivity index (χ2n) is 2.77. The quantitative estimate of drug-likeness (QED) is 0.301. The summed E-state index contributed by atoms with van der Waals surface area (Å²) in [6.45, 7) is 0. The van der Waals surface area contributed by atoms with Gasteiger partial charge in [0.05, 0.1) is 6.04 Å². The van der Waals surface area contributed by atoms with Crippen LogP contribution in [-0.2, 0) is 9.59 Å². The van der Waals surface area contributed by atoms with Crippen molar-refractivity contribution < 1.29 is 19.8 Å². The fourth-order valence-corrected chi connectivity index (χ4v) is 1.51. The van der Waals surface area contributed by atoms with Crippen molar-refractivity contribution in [1.29, 1.82) is 0 Å². The van der Waals surface area contributed by atoms with Gasteiger partial charge in [-0.15, -0.1) is 11.8 Å². The number of nitrogens with two attached hydrogens (primary N) is 2. The molecular weight excluding hydrogens is 208 g/mol. The molecule has 0 aliphatic heterocycles. The van der Waals surface area contributed by atoms with Crippen molar-refractivity contribution in [3.05, 3.63) is 0 Å². The molecule has 0 unspecified atom stereocenters. The van der Waals surface area contributed by atoms with Crippen LogP contribution in [0, 0.1) is 0 Å². The zero-order valence-electron chi connectivity index (χ0n) is 7.50. The van der Waals surface area contributed by atoms with Crippen LogP contribution >= 0.6 is 11.8 Å². The zero-order chi connectivity index (χ0) is 11.1. The lowest BCUT2D eigenvalue weighted by atomic mass is 10.2. The van der Waals surface area contributed by atoms with E-state index in [2.05, 4.69) is 0 Å². The number of carbonyl (C=O) groups is 2. The largest absolute Gasteiger partial charge is 0.480 e. The summed E-state index contributed by atoms with van der Waals surface area (Å²) in [7, 11) is 0. The normalized spacial score (nSPS) is 17.1. The molecule has 7 heteroatoms. The standard InChI is InChI=1S/C7H14N2O4S/c8-4(2-10)3-14-6(11)1-5(9)7(12)13/h2,4-6,11H,1,3,8-9H2,(H,12,13)/t4-,5-,6-/m0/s1. The van der Waals surface area contributed by atoms with E-state index < -0.39 is 23.5 Å². The van der Waals surface area contributed by atoms with Gasteiger partial charge in [0.25, 0.3) is 0 Å². The summed E-state index contributed by atoms with van der Waals surface area (Å²) in [5, 5.41) is 17.7. The molecule has 0 bridgehead atoms. The first-order valence-corrected chi connectivity index (χ1v) is 5.01. The molecule has 6 nitrogen and oxygen atoms in total. The minimum absolute atomic E-state index is 0.0639. The van der Waals surface area contributed by atoms with E-state index in [1.165, 1.54) is 0 Å². The monoisotopic (exact) mass is 222 g/mol. The van der Waals surface area contributed by atoms with E-state index in [0.717, 1.165) is 11.8 Å². The van der Waals surface area contributed by atoms with Crippen LogP contribution < -0.4 is 11.5 Å². The molecule has 0 aliphatic rings. The molecule has 0 saturated carbocycles. The molecule has 0 fully saturated rings. The van der Waals surface area contributed by atoms with E-state index in [4.69, 9.17) is 16.6 Å². The molecular formula is C7H14N2O4S. The number of aliphatic carboxylic acids is 1. The van der Waals surface area contributed by atoms with Crippen LogP contribution in [0.5, 0.6) is 0 Å². The average molecular weight is 222 g/mol. The Morgan fingerprint density at radius 1 is 1.50 bits per heavy atom. The maximum atomic E-state index is 10.3. The van der Waals surface area contributed by atoms with Crippen molar-refractivity contribution in [1.82, 2.24) is 0 Å². The van der Waals surface area contributed by atoms with Gasteiger partial charge in [0.2, 0.25) is 0 Å². The molecule has 0 heterocycles. The van der Waals surface area contributed by atoms with Gasteiger partial charge < -0.3 is 26.5 Å². The van der Waals surface area contributed by atoms with E-state index in [-0.39, 0.29) is 12.2 Å². The molecule has 82 valence electrons.